The van der Waals surface area contributed by atoms with Crippen LogP contribution >= 0.6 is 0 Å². The van der Waals surface area contributed by atoms with E-state index >= 15 is 0 Å². The maximum atomic E-state index is 2.50. The Morgan fingerprint density at radius 2 is 0.620 bits per heavy atom. The molecule has 0 radical (unpaired) electrons. The van der Waals surface area contributed by atoms with Crippen molar-refractivity contribution in [1.82, 2.24) is 0 Å². The van der Waals surface area contributed by atoms with Crippen molar-refractivity contribution in [3.63, 3.8) is 0 Å². The molecule has 6 aromatic carbocycles. The highest BCUT2D eigenvalue weighted by atomic mass is 15.2. The zero-order chi connectivity index (χ0) is 35.8. The highest BCUT2D eigenvalue weighted by Gasteiger charge is 2.25. The normalized spacial score (nSPS) is 11.8. The van der Waals surface area contributed by atoms with Crippen LogP contribution in [0.5, 0.6) is 0 Å². The van der Waals surface area contributed by atoms with E-state index < -0.39 is 0 Å². The molecule has 0 saturated heterocycles. The van der Waals surface area contributed by atoms with Crippen LogP contribution in [-0.2, 0) is 10.8 Å². The number of hydrogen-bond acceptors (Lipinski definition) is 2. The smallest absolute Gasteiger partial charge is 0.0520 e. The van der Waals surface area contributed by atoms with Crippen molar-refractivity contribution in [3.05, 3.63) is 167 Å². The molecule has 0 aliphatic rings. The van der Waals surface area contributed by atoms with Gasteiger partial charge >= 0.3 is 0 Å². The molecule has 0 aromatic heterocycles. The number of anilines is 6. The van der Waals surface area contributed by atoms with E-state index in [1.165, 1.54) is 55.9 Å². The van der Waals surface area contributed by atoms with E-state index in [0.29, 0.717) is 0 Å². The molecular formula is C48H52N2. The van der Waals surface area contributed by atoms with Gasteiger partial charge in [-0.3, -0.25) is 0 Å². The van der Waals surface area contributed by atoms with Gasteiger partial charge in [0.05, 0.1) is 11.4 Å². The Labute approximate surface area is 301 Å². The Bertz CT molecular complexity index is 1920. The third-order valence-corrected chi connectivity index (χ3v) is 9.77. The van der Waals surface area contributed by atoms with E-state index in [1.807, 2.05) is 0 Å². The number of aryl methyl sites for hydroxylation is 4. The quantitative estimate of drug-likeness (QED) is 0.169. The maximum Gasteiger partial charge on any atom is 0.0520 e. The highest BCUT2D eigenvalue weighted by molar-refractivity contribution is 5.85. The molecule has 0 N–H and O–H groups in total. The van der Waals surface area contributed by atoms with Gasteiger partial charge in [0.15, 0.2) is 0 Å². The van der Waals surface area contributed by atoms with Crippen molar-refractivity contribution in [1.29, 1.82) is 0 Å². The van der Waals surface area contributed by atoms with E-state index in [1.54, 1.807) is 0 Å². The van der Waals surface area contributed by atoms with Gasteiger partial charge in [-0.1, -0.05) is 126 Å². The molecule has 0 saturated carbocycles. The molecule has 2 nitrogen and oxygen atoms in total. The lowest BCUT2D eigenvalue weighted by atomic mass is 9.83. The van der Waals surface area contributed by atoms with E-state index in [9.17, 15) is 0 Å². The summed E-state index contributed by atoms with van der Waals surface area (Å²) in [6, 6.07) is 48.7. The topological polar surface area (TPSA) is 6.48 Å². The molecule has 0 fully saturated rings. The summed E-state index contributed by atoms with van der Waals surface area (Å²) in [7, 11) is 0. The van der Waals surface area contributed by atoms with E-state index in [2.05, 4.69) is 212 Å². The SMILES string of the molecule is Cc1cc(C(C)(C)C)cc(C)c1N(c1ccc(-c2ccc(N(c3ccccc3)c3ccccc3)cc2)cc1)c1c(C)cc(C(C)(C)C)cc1C. The maximum absolute atomic E-state index is 2.50. The number of para-hydroxylation sites is 2. The average molecular weight is 657 g/mol. The van der Waals surface area contributed by atoms with Crippen LogP contribution in [0.15, 0.2) is 133 Å². The lowest BCUT2D eigenvalue weighted by molar-refractivity contribution is 0.589. The predicted octanol–water partition coefficient (Wildman–Crippen LogP) is 14.1. The summed E-state index contributed by atoms with van der Waals surface area (Å²) in [5.41, 5.74) is 17.5. The van der Waals surface area contributed by atoms with Crippen LogP contribution in [0.25, 0.3) is 11.1 Å². The van der Waals surface area contributed by atoms with Crippen LogP contribution in [0.3, 0.4) is 0 Å². The molecule has 0 bridgehead atoms. The van der Waals surface area contributed by atoms with E-state index in [-0.39, 0.29) is 10.8 Å². The first-order valence-electron chi connectivity index (χ1n) is 17.9. The molecule has 0 atom stereocenters. The summed E-state index contributed by atoms with van der Waals surface area (Å²) in [5.74, 6) is 0. The Morgan fingerprint density at radius 3 is 0.920 bits per heavy atom. The third kappa shape index (κ3) is 7.12. The standard InChI is InChI=1S/C48H52N2/c1-33-29-39(47(5,6)7)30-34(2)45(33)50(46-35(3)31-40(32-36(46)4)48(8,9)10)44-27-23-38(24-28-44)37-21-25-43(26-22-37)49(41-17-13-11-14-18-41)42-19-15-12-16-20-42/h11-32H,1-10H3. The molecule has 0 unspecified atom stereocenters. The molecule has 6 aromatic rings. The zero-order valence-corrected chi connectivity index (χ0v) is 31.6. The van der Waals surface area contributed by atoms with Gasteiger partial charge in [0.1, 0.15) is 0 Å². The van der Waals surface area contributed by atoms with Gasteiger partial charge in [-0.05, 0) is 132 Å². The molecule has 0 aliphatic carbocycles. The van der Waals surface area contributed by atoms with Crippen molar-refractivity contribution in [2.24, 2.45) is 0 Å². The minimum Gasteiger partial charge on any atom is -0.311 e. The molecule has 0 spiro atoms. The van der Waals surface area contributed by atoms with Crippen molar-refractivity contribution < 1.29 is 0 Å². The van der Waals surface area contributed by atoms with Crippen LogP contribution < -0.4 is 9.80 Å². The Hall–Kier alpha value is -5.08. The van der Waals surface area contributed by atoms with Crippen molar-refractivity contribution >= 4 is 34.1 Å². The third-order valence-electron chi connectivity index (χ3n) is 9.77. The summed E-state index contributed by atoms with van der Waals surface area (Å²) in [4.78, 5) is 4.80. The fourth-order valence-corrected chi connectivity index (χ4v) is 7.06. The second kappa shape index (κ2) is 13.7. The predicted molar refractivity (Wildman–Crippen MR) is 218 cm³/mol. The summed E-state index contributed by atoms with van der Waals surface area (Å²) >= 11 is 0. The van der Waals surface area contributed by atoms with Gasteiger partial charge in [0.2, 0.25) is 0 Å². The van der Waals surface area contributed by atoms with Gasteiger partial charge in [0, 0.05) is 22.7 Å². The first-order valence-corrected chi connectivity index (χ1v) is 17.9. The van der Waals surface area contributed by atoms with Crippen LogP contribution in [-0.4, -0.2) is 0 Å². The summed E-state index contributed by atoms with van der Waals surface area (Å²) < 4.78 is 0. The molecule has 254 valence electrons. The molecular weight excluding hydrogens is 605 g/mol. The summed E-state index contributed by atoms with van der Waals surface area (Å²) in [6.45, 7) is 22.8. The zero-order valence-electron chi connectivity index (χ0n) is 31.6. The number of nitrogens with zero attached hydrogens (tertiary/aromatic N) is 2. The van der Waals surface area contributed by atoms with Crippen molar-refractivity contribution in [3.8, 4) is 11.1 Å². The monoisotopic (exact) mass is 656 g/mol. The summed E-state index contributed by atoms with van der Waals surface area (Å²) in [6.07, 6.45) is 0. The number of benzene rings is 6. The molecule has 0 aliphatic heterocycles. The first kappa shape index (κ1) is 34.8. The lowest BCUT2D eigenvalue weighted by Crippen LogP contribution is -2.19. The number of hydrogen-bond donors (Lipinski definition) is 0. The second-order valence-corrected chi connectivity index (χ2v) is 15.9. The van der Waals surface area contributed by atoms with Crippen LogP contribution in [0.2, 0.25) is 0 Å². The van der Waals surface area contributed by atoms with Crippen LogP contribution in [0.4, 0.5) is 34.1 Å². The minimum absolute atomic E-state index is 0.0789. The lowest BCUT2D eigenvalue weighted by Gasteiger charge is -2.34. The largest absolute Gasteiger partial charge is 0.311 e. The van der Waals surface area contributed by atoms with Crippen LogP contribution in [0, 0.1) is 27.7 Å². The average Bonchev–Trinajstić information content (AvgIpc) is 3.07. The number of rotatable bonds is 7. The van der Waals surface area contributed by atoms with Crippen molar-refractivity contribution in [2.45, 2.75) is 80.1 Å². The van der Waals surface area contributed by atoms with Crippen LogP contribution in [0.1, 0.15) is 74.9 Å². The van der Waals surface area contributed by atoms with Crippen molar-refractivity contribution in [2.75, 3.05) is 9.80 Å². The van der Waals surface area contributed by atoms with E-state index in [4.69, 9.17) is 0 Å². The van der Waals surface area contributed by atoms with Gasteiger partial charge in [-0.25, -0.2) is 0 Å². The highest BCUT2D eigenvalue weighted by Crippen LogP contribution is 2.45. The van der Waals surface area contributed by atoms with Gasteiger partial charge in [0.25, 0.3) is 0 Å². The molecule has 50 heavy (non-hydrogen) atoms. The Morgan fingerprint density at radius 1 is 0.340 bits per heavy atom. The molecule has 2 heteroatoms. The van der Waals surface area contributed by atoms with Gasteiger partial charge in [-0.2, -0.15) is 0 Å². The summed E-state index contributed by atoms with van der Waals surface area (Å²) in [5, 5.41) is 0. The molecule has 0 amide bonds. The first-order chi connectivity index (χ1) is 23.7. The Kier molecular flexibility index (Phi) is 9.51. The fraction of sp³-hybridized carbons (Fsp3) is 0.250. The fourth-order valence-electron chi connectivity index (χ4n) is 7.06. The Balaban J connectivity index is 1.41. The minimum atomic E-state index is 0.0789. The molecule has 6 rings (SSSR count). The second-order valence-electron chi connectivity index (χ2n) is 15.9. The van der Waals surface area contributed by atoms with E-state index in [0.717, 1.165) is 22.7 Å². The van der Waals surface area contributed by atoms with Gasteiger partial charge < -0.3 is 9.80 Å². The molecule has 0 heterocycles. The van der Waals surface area contributed by atoms with Gasteiger partial charge in [-0.15, -0.1) is 0 Å².